The van der Waals surface area contributed by atoms with Gasteiger partial charge in [0.1, 0.15) is 5.75 Å². The van der Waals surface area contributed by atoms with Crippen LogP contribution in [0, 0.1) is 11.8 Å². The fourth-order valence-electron chi connectivity index (χ4n) is 3.84. The Hall–Kier alpha value is -2.53. The molecule has 0 aliphatic carbocycles. The van der Waals surface area contributed by atoms with E-state index in [-0.39, 0.29) is 23.7 Å². The van der Waals surface area contributed by atoms with Crippen LogP contribution in [0.5, 0.6) is 5.75 Å². The van der Waals surface area contributed by atoms with Gasteiger partial charge in [0, 0.05) is 36.1 Å². The first kappa shape index (κ1) is 22.2. The number of halogens is 1. The molecule has 1 aliphatic heterocycles. The van der Waals surface area contributed by atoms with Gasteiger partial charge in [-0.1, -0.05) is 43.6 Å². The molecule has 0 aromatic heterocycles. The first-order valence-corrected chi connectivity index (χ1v) is 10.7. The van der Waals surface area contributed by atoms with Gasteiger partial charge in [0.15, 0.2) is 0 Å². The van der Waals surface area contributed by atoms with Crippen LogP contribution in [0.4, 0.5) is 0 Å². The van der Waals surface area contributed by atoms with Gasteiger partial charge in [-0.05, 0) is 48.2 Å². The highest BCUT2D eigenvalue weighted by Crippen LogP contribution is 2.34. The predicted octanol–water partition coefficient (Wildman–Crippen LogP) is 4.37. The molecule has 1 fully saturated rings. The van der Waals surface area contributed by atoms with E-state index in [4.69, 9.17) is 16.3 Å². The average molecular weight is 429 g/mol. The summed E-state index contributed by atoms with van der Waals surface area (Å²) >= 11 is 6.06. The summed E-state index contributed by atoms with van der Waals surface area (Å²) in [5.41, 5.74) is 1.57. The Bertz CT molecular complexity index is 882. The van der Waals surface area contributed by atoms with E-state index in [2.05, 4.69) is 19.2 Å². The summed E-state index contributed by atoms with van der Waals surface area (Å²) < 4.78 is 5.25. The zero-order chi connectivity index (χ0) is 21.7. The molecular formula is C24H29ClN2O3. The van der Waals surface area contributed by atoms with Crippen LogP contribution in [0.1, 0.15) is 42.1 Å². The third kappa shape index (κ3) is 5.33. The molecule has 0 saturated carbocycles. The van der Waals surface area contributed by atoms with Crippen LogP contribution in [0.2, 0.25) is 5.02 Å². The summed E-state index contributed by atoms with van der Waals surface area (Å²) in [4.78, 5) is 27.8. The third-order valence-electron chi connectivity index (χ3n) is 5.58. The maximum atomic E-state index is 13.1. The fraction of sp³-hybridized carbons (Fsp3) is 0.417. The predicted molar refractivity (Wildman–Crippen MR) is 119 cm³/mol. The molecule has 6 heteroatoms. The van der Waals surface area contributed by atoms with Crippen LogP contribution in [-0.2, 0) is 4.79 Å². The molecular weight excluding hydrogens is 400 g/mol. The van der Waals surface area contributed by atoms with E-state index in [9.17, 15) is 9.59 Å². The second kappa shape index (κ2) is 9.98. The second-order valence-electron chi connectivity index (χ2n) is 8.18. The minimum Gasteiger partial charge on any atom is -0.497 e. The topological polar surface area (TPSA) is 58.6 Å². The quantitative estimate of drug-likeness (QED) is 0.712. The largest absolute Gasteiger partial charge is 0.497 e. The molecule has 2 aromatic rings. The van der Waals surface area contributed by atoms with Gasteiger partial charge in [-0.2, -0.15) is 0 Å². The number of nitrogens with one attached hydrogen (secondary N) is 1. The fourth-order valence-corrected chi connectivity index (χ4v) is 4.03. The van der Waals surface area contributed by atoms with Crippen LogP contribution < -0.4 is 10.1 Å². The number of methoxy groups -OCH3 is 1. The van der Waals surface area contributed by atoms with Crippen LogP contribution in [0.3, 0.4) is 0 Å². The summed E-state index contributed by atoms with van der Waals surface area (Å²) in [6.45, 7) is 5.78. The number of hydrogen-bond donors (Lipinski definition) is 1. The first-order chi connectivity index (χ1) is 14.4. The third-order valence-corrected chi connectivity index (χ3v) is 5.82. The Kier molecular flexibility index (Phi) is 7.38. The molecule has 0 bridgehead atoms. The van der Waals surface area contributed by atoms with Crippen molar-refractivity contribution in [2.24, 2.45) is 11.8 Å². The number of carbonyl (C=O) groups excluding carboxylic acids is 2. The lowest BCUT2D eigenvalue weighted by Gasteiger charge is -2.18. The first-order valence-electron chi connectivity index (χ1n) is 10.4. The summed E-state index contributed by atoms with van der Waals surface area (Å²) in [6, 6.07) is 14.7. The monoisotopic (exact) mass is 428 g/mol. The lowest BCUT2D eigenvalue weighted by molar-refractivity contribution is -0.124. The molecule has 1 aliphatic rings. The lowest BCUT2D eigenvalue weighted by atomic mass is 9.88. The summed E-state index contributed by atoms with van der Waals surface area (Å²) in [5.74, 6) is 0.812. The SMILES string of the molecule is COc1ccc([C@H]2CN(C(=O)c3cccc(Cl)c3)C[C@H]2C(=O)NCCC(C)C)cc1. The van der Waals surface area contributed by atoms with Crippen molar-refractivity contribution in [3.05, 3.63) is 64.7 Å². The highest BCUT2D eigenvalue weighted by Gasteiger charge is 2.40. The molecule has 1 saturated heterocycles. The van der Waals surface area contributed by atoms with Crippen LogP contribution in [-0.4, -0.2) is 43.5 Å². The Morgan fingerprint density at radius 2 is 1.90 bits per heavy atom. The van der Waals surface area contributed by atoms with Crippen LogP contribution >= 0.6 is 11.6 Å². The Balaban J connectivity index is 1.81. The number of benzene rings is 2. The van der Waals surface area contributed by atoms with E-state index in [0.29, 0.717) is 36.1 Å². The maximum absolute atomic E-state index is 13.1. The maximum Gasteiger partial charge on any atom is 0.253 e. The number of carbonyl (C=O) groups is 2. The molecule has 160 valence electrons. The lowest BCUT2D eigenvalue weighted by Crippen LogP contribution is -2.36. The molecule has 5 nitrogen and oxygen atoms in total. The summed E-state index contributed by atoms with van der Waals surface area (Å²) in [5, 5.41) is 3.59. The highest BCUT2D eigenvalue weighted by atomic mass is 35.5. The molecule has 2 amide bonds. The van der Waals surface area contributed by atoms with Crippen molar-refractivity contribution in [3.8, 4) is 5.75 Å². The zero-order valence-corrected chi connectivity index (χ0v) is 18.5. The summed E-state index contributed by atoms with van der Waals surface area (Å²) in [6.07, 6.45) is 0.927. The van der Waals surface area contributed by atoms with Crippen molar-refractivity contribution < 1.29 is 14.3 Å². The number of ether oxygens (including phenoxy) is 1. The van der Waals surface area contributed by atoms with Crippen LogP contribution in [0.25, 0.3) is 0 Å². The van der Waals surface area contributed by atoms with Crippen molar-refractivity contribution >= 4 is 23.4 Å². The molecule has 3 rings (SSSR count). The molecule has 0 spiro atoms. The highest BCUT2D eigenvalue weighted by molar-refractivity contribution is 6.30. The smallest absolute Gasteiger partial charge is 0.253 e. The van der Waals surface area contributed by atoms with Gasteiger partial charge >= 0.3 is 0 Å². The number of rotatable bonds is 7. The van der Waals surface area contributed by atoms with E-state index >= 15 is 0 Å². The zero-order valence-electron chi connectivity index (χ0n) is 17.7. The Labute approximate surface area is 183 Å². The van der Waals surface area contributed by atoms with Gasteiger partial charge < -0.3 is 15.0 Å². The molecule has 1 heterocycles. The standard InChI is InChI=1S/C24H29ClN2O3/c1-16(2)11-12-26-23(28)22-15-27(24(29)18-5-4-6-19(25)13-18)14-21(22)17-7-9-20(30-3)10-8-17/h4-10,13,16,21-22H,11-12,14-15H2,1-3H3,(H,26,28)/t21-,22-/m1/s1. The van der Waals surface area contributed by atoms with Crippen molar-refractivity contribution in [1.82, 2.24) is 10.2 Å². The average Bonchev–Trinajstić information content (AvgIpc) is 3.18. The van der Waals surface area contributed by atoms with Gasteiger partial charge in [-0.15, -0.1) is 0 Å². The Morgan fingerprint density at radius 1 is 1.17 bits per heavy atom. The van der Waals surface area contributed by atoms with Gasteiger partial charge in [0.25, 0.3) is 5.91 Å². The number of hydrogen-bond acceptors (Lipinski definition) is 3. The van der Waals surface area contributed by atoms with Gasteiger partial charge in [-0.3, -0.25) is 9.59 Å². The van der Waals surface area contributed by atoms with E-state index in [0.717, 1.165) is 17.7 Å². The van der Waals surface area contributed by atoms with E-state index in [1.165, 1.54) is 0 Å². The van der Waals surface area contributed by atoms with E-state index in [1.807, 2.05) is 24.3 Å². The van der Waals surface area contributed by atoms with Crippen LogP contribution in [0.15, 0.2) is 48.5 Å². The van der Waals surface area contributed by atoms with Crippen molar-refractivity contribution in [2.45, 2.75) is 26.2 Å². The molecule has 2 atom stereocenters. The van der Waals surface area contributed by atoms with E-state index in [1.54, 1.807) is 36.3 Å². The molecule has 0 radical (unpaired) electrons. The Morgan fingerprint density at radius 3 is 2.53 bits per heavy atom. The van der Waals surface area contributed by atoms with Gasteiger partial charge in [0.2, 0.25) is 5.91 Å². The molecule has 0 unspecified atom stereocenters. The van der Waals surface area contributed by atoms with Gasteiger partial charge in [0.05, 0.1) is 13.0 Å². The van der Waals surface area contributed by atoms with Gasteiger partial charge in [-0.25, -0.2) is 0 Å². The normalized spacial score (nSPS) is 18.5. The van der Waals surface area contributed by atoms with E-state index < -0.39 is 0 Å². The number of nitrogens with zero attached hydrogens (tertiary/aromatic N) is 1. The minimum atomic E-state index is -0.298. The minimum absolute atomic E-state index is 0.00198. The molecule has 2 aromatic carbocycles. The summed E-state index contributed by atoms with van der Waals surface area (Å²) in [7, 11) is 1.63. The second-order valence-corrected chi connectivity index (χ2v) is 8.62. The number of likely N-dealkylation sites (tertiary alicyclic amines) is 1. The molecule has 1 N–H and O–H groups in total. The van der Waals surface area contributed by atoms with Crippen molar-refractivity contribution in [1.29, 1.82) is 0 Å². The van der Waals surface area contributed by atoms with Crippen molar-refractivity contribution in [2.75, 3.05) is 26.7 Å². The van der Waals surface area contributed by atoms with Crippen molar-refractivity contribution in [3.63, 3.8) is 0 Å². The molecule has 30 heavy (non-hydrogen) atoms. The number of amides is 2.